The number of aromatic nitrogens is 2. The molecular formula is C48H32N2O. The summed E-state index contributed by atoms with van der Waals surface area (Å²) in [5.74, 6) is 0. The van der Waals surface area contributed by atoms with E-state index in [2.05, 4.69) is 170 Å². The average molecular weight is 653 g/mol. The van der Waals surface area contributed by atoms with E-state index in [1.54, 1.807) is 0 Å². The molecule has 7 aromatic carbocycles. The molecule has 240 valence electrons. The minimum absolute atomic E-state index is 0.104. The minimum Gasteiger partial charge on any atom is -0.454 e. The van der Waals surface area contributed by atoms with Gasteiger partial charge in [0, 0.05) is 37.9 Å². The largest absolute Gasteiger partial charge is 0.454 e. The maximum atomic E-state index is 6.94. The fourth-order valence-electron chi connectivity index (χ4n) is 8.81. The van der Waals surface area contributed by atoms with Crippen LogP contribution in [-0.4, -0.2) is 9.55 Å². The molecule has 3 aromatic heterocycles. The number of furan rings is 1. The summed E-state index contributed by atoms with van der Waals surface area (Å²) < 4.78 is 9.36. The second-order valence-electron chi connectivity index (χ2n) is 14.3. The highest BCUT2D eigenvalue weighted by atomic mass is 16.3. The van der Waals surface area contributed by atoms with Gasteiger partial charge in [-0.15, -0.1) is 0 Å². The van der Waals surface area contributed by atoms with Crippen LogP contribution in [0.2, 0.25) is 0 Å². The van der Waals surface area contributed by atoms with E-state index >= 15 is 0 Å². The number of nitrogens with zero attached hydrogens (tertiary/aromatic N) is 2. The minimum atomic E-state index is -0.104. The van der Waals surface area contributed by atoms with Crippen molar-refractivity contribution in [1.82, 2.24) is 9.55 Å². The highest BCUT2D eigenvalue weighted by Crippen LogP contribution is 2.51. The number of fused-ring (bicyclic) bond motifs is 10. The van der Waals surface area contributed by atoms with Crippen molar-refractivity contribution in [3.63, 3.8) is 0 Å². The number of benzene rings is 7. The molecule has 0 fully saturated rings. The van der Waals surface area contributed by atoms with Crippen LogP contribution in [0.5, 0.6) is 0 Å². The Balaban J connectivity index is 1.20. The van der Waals surface area contributed by atoms with Gasteiger partial charge in [0.1, 0.15) is 5.58 Å². The van der Waals surface area contributed by atoms with Gasteiger partial charge in [0.25, 0.3) is 0 Å². The van der Waals surface area contributed by atoms with Crippen LogP contribution < -0.4 is 0 Å². The molecule has 0 aliphatic heterocycles. The first kappa shape index (κ1) is 28.4. The first-order valence-electron chi connectivity index (χ1n) is 17.6. The van der Waals surface area contributed by atoms with Crippen molar-refractivity contribution in [2.75, 3.05) is 0 Å². The molecule has 3 heteroatoms. The van der Waals surface area contributed by atoms with Crippen LogP contribution in [-0.2, 0) is 5.41 Å². The molecular weight excluding hydrogens is 621 g/mol. The van der Waals surface area contributed by atoms with Gasteiger partial charge in [-0.1, -0.05) is 129 Å². The molecule has 0 radical (unpaired) electrons. The third-order valence-electron chi connectivity index (χ3n) is 11.2. The first-order chi connectivity index (χ1) is 25.1. The van der Waals surface area contributed by atoms with Crippen molar-refractivity contribution in [2.45, 2.75) is 19.3 Å². The zero-order valence-electron chi connectivity index (χ0n) is 28.3. The Bertz CT molecular complexity index is 3050. The summed E-state index contributed by atoms with van der Waals surface area (Å²) in [6.07, 6.45) is 0. The van der Waals surface area contributed by atoms with Crippen LogP contribution in [0, 0.1) is 0 Å². The lowest BCUT2D eigenvalue weighted by Gasteiger charge is -2.21. The van der Waals surface area contributed by atoms with Gasteiger partial charge in [-0.3, -0.25) is 0 Å². The van der Waals surface area contributed by atoms with E-state index in [9.17, 15) is 0 Å². The lowest BCUT2D eigenvalue weighted by Crippen LogP contribution is -2.14. The summed E-state index contributed by atoms with van der Waals surface area (Å²) in [4.78, 5) is 5.09. The predicted molar refractivity (Wildman–Crippen MR) is 212 cm³/mol. The van der Waals surface area contributed by atoms with Gasteiger partial charge in [0.2, 0.25) is 0 Å². The Kier molecular flexibility index (Phi) is 5.73. The molecule has 0 saturated heterocycles. The quantitative estimate of drug-likeness (QED) is 0.190. The summed E-state index contributed by atoms with van der Waals surface area (Å²) >= 11 is 0. The van der Waals surface area contributed by atoms with Gasteiger partial charge in [0.05, 0.1) is 27.9 Å². The van der Waals surface area contributed by atoms with E-state index in [4.69, 9.17) is 9.40 Å². The van der Waals surface area contributed by atoms with Crippen LogP contribution in [0.3, 0.4) is 0 Å². The topological polar surface area (TPSA) is 31.0 Å². The van der Waals surface area contributed by atoms with Crippen molar-refractivity contribution >= 4 is 54.6 Å². The van der Waals surface area contributed by atoms with E-state index in [1.165, 1.54) is 44.1 Å². The molecule has 10 aromatic rings. The molecule has 0 spiro atoms. The van der Waals surface area contributed by atoms with E-state index in [-0.39, 0.29) is 5.41 Å². The van der Waals surface area contributed by atoms with Gasteiger partial charge in [-0.2, -0.15) is 0 Å². The number of pyridine rings is 1. The Labute approximate surface area is 295 Å². The summed E-state index contributed by atoms with van der Waals surface area (Å²) in [6.45, 7) is 4.70. The Morgan fingerprint density at radius 2 is 1.24 bits per heavy atom. The molecule has 0 bridgehead atoms. The summed E-state index contributed by atoms with van der Waals surface area (Å²) in [5.41, 5.74) is 15.8. The van der Waals surface area contributed by atoms with E-state index in [0.29, 0.717) is 0 Å². The summed E-state index contributed by atoms with van der Waals surface area (Å²) in [6, 6.07) is 56.7. The molecule has 1 aliphatic carbocycles. The van der Waals surface area contributed by atoms with Gasteiger partial charge in [-0.25, -0.2) is 4.98 Å². The fourth-order valence-corrected chi connectivity index (χ4v) is 8.81. The molecule has 3 heterocycles. The van der Waals surface area contributed by atoms with E-state index < -0.39 is 0 Å². The zero-order valence-corrected chi connectivity index (χ0v) is 28.3. The second-order valence-corrected chi connectivity index (χ2v) is 14.3. The van der Waals surface area contributed by atoms with Gasteiger partial charge in [-0.05, 0) is 75.8 Å². The van der Waals surface area contributed by atoms with E-state index in [1.807, 2.05) is 6.07 Å². The van der Waals surface area contributed by atoms with Crippen molar-refractivity contribution in [3.8, 4) is 39.2 Å². The normalized spacial score (nSPS) is 13.5. The maximum Gasteiger partial charge on any atom is 0.159 e. The molecule has 0 amide bonds. The molecule has 51 heavy (non-hydrogen) atoms. The van der Waals surface area contributed by atoms with Gasteiger partial charge < -0.3 is 8.98 Å². The van der Waals surface area contributed by atoms with Crippen LogP contribution in [0.4, 0.5) is 0 Å². The number of para-hydroxylation sites is 3. The number of rotatable bonds is 3. The molecule has 3 nitrogen and oxygen atoms in total. The number of hydrogen-bond donors (Lipinski definition) is 0. The Morgan fingerprint density at radius 1 is 0.510 bits per heavy atom. The number of hydrogen-bond acceptors (Lipinski definition) is 2. The maximum absolute atomic E-state index is 6.94. The van der Waals surface area contributed by atoms with Crippen molar-refractivity contribution < 1.29 is 4.42 Å². The first-order valence-corrected chi connectivity index (χ1v) is 17.6. The lowest BCUT2D eigenvalue weighted by molar-refractivity contribution is 0.660. The SMILES string of the molecule is CC1(C)c2ccccc2-c2cc3c4ccccc4n(-c4cccc5c4oc4cccc(-c6cc(-c7ccccc7)nc7ccccc67)c45)c3cc21. The zero-order chi connectivity index (χ0) is 33.8. The molecule has 0 atom stereocenters. The van der Waals surface area contributed by atoms with Gasteiger partial charge >= 0.3 is 0 Å². The Hall–Kier alpha value is -6.45. The Morgan fingerprint density at radius 3 is 2.14 bits per heavy atom. The highest BCUT2D eigenvalue weighted by molar-refractivity contribution is 6.18. The smallest absolute Gasteiger partial charge is 0.159 e. The fraction of sp³-hybridized carbons (Fsp3) is 0.0625. The van der Waals surface area contributed by atoms with Crippen LogP contribution in [0.1, 0.15) is 25.0 Å². The third kappa shape index (κ3) is 3.92. The molecule has 11 rings (SSSR count). The predicted octanol–water partition coefficient (Wildman–Crippen LogP) is 12.9. The van der Waals surface area contributed by atoms with Crippen LogP contribution in [0.25, 0.3) is 93.8 Å². The monoisotopic (exact) mass is 652 g/mol. The summed E-state index contributed by atoms with van der Waals surface area (Å²) in [5, 5.41) is 5.82. The van der Waals surface area contributed by atoms with Gasteiger partial charge in [0.15, 0.2) is 5.58 Å². The van der Waals surface area contributed by atoms with Crippen molar-refractivity contribution in [2.24, 2.45) is 0 Å². The molecule has 0 N–H and O–H groups in total. The average Bonchev–Trinajstić information content (AvgIpc) is 3.80. The lowest BCUT2D eigenvalue weighted by atomic mass is 9.82. The molecule has 0 unspecified atom stereocenters. The van der Waals surface area contributed by atoms with Crippen molar-refractivity contribution in [1.29, 1.82) is 0 Å². The molecule has 0 saturated carbocycles. The standard InChI is InChI=1S/C48H32N2O/c1-48(2)38-21-9-6-16-30(38)36-26-37-32-18-8-11-23-42(32)50(44(37)28-39(36)48)43-24-12-20-34-46-33(19-13-25-45(46)51-47(34)43)35-27-41(29-14-4-3-5-15-29)49-40-22-10-7-17-31(35)40/h3-28H,1-2H3. The molecule has 1 aliphatic rings. The van der Waals surface area contributed by atoms with Crippen molar-refractivity contribution in [3.05, 3.63) is 169 Å². The highest BCUT2D eigenvalue weighted by Gasteiger charge is 2.36. The van der Waals surface area contributed by atoms with E-state index in [0.717, 1.165) is 60.9 Å². The third-order valence-corrected chi connectivity index (χ3v) is 11.2. The van der Waals surface area contributed by atoms with Crippen LogP contribution in [0.15, 0.2) is 162 Å². The summed E-state index contributed by atoms with van der Waals surface area (Å²) in [7, 11) is 0. The van der Waals surface area contributed by atoms with Crippen LogP contribution >= 0.6 is 0 Å². The second kappa shape index (κ2) is 10.3.